The number of carboxylic acid groups (broad SMARTS) is 1. The number of hydrogen-bond acceptors (Lipinski definition) is 3. The lowest BCUT2D eigenvalue weighted by atomic mass is 10.2. The first-order valence-corrected chi connectivity index (χ1v) is 3.71. The molecular formula is C9H9NO3. The van der Waals surface area contributed by atoms with Crippen LogP contribution in [0.1, 0.15) is 16.1 Å². The van der Waals surface area contributed by atoms with Crippen LogP contribution in [0.3, 0.4) is 0 Å². The molecule has 2 N–H and O–H groups in total. The predicted octanol–water partition coefficient (Wildman–Crippen LogP) is 0.785. The summed E-state index contributed by atoms with van der Waals surface area (Å²) in [5.74, 6) is -0.985. The van der Waals surface area contributed by atoms with Gasteiger partial charge in [0.15, 0.2) is 0 Å². The topological polar surface area (TPSA) is 70.4 Å². The molecule has 0 radical (unpaired) electrons. The van der Waals surface area contributed by atoms with Crippen molar-refractivity contribution < 1.29 is 15.0 Å². The van der Waals surface area contributed by atoms with Crippen molar-refractivity contribution in [1.82, 2.24) is 4.98 Å². The standard InChI is InChI=1S/C9H9NO3/c11-5-1-2-8-6-7(9(12)13)3-4-10-8/h1-4,6,11H,5H2,(H,12,13). The van der Waals surface area contributed by atoms with Crippen molar-refractivity contribution in [2.45, 2.75) is 0 Å². The van der Waals surface area contributed by atoms with Crippen molar-refractivity contribution in [2.24, 2.45) is 0 Å². The molecule has 0 aliphatic heterocycles. The number of rotatable bonds is 3. The molecule has 13 heavy (non-hydrogen) atoms. The Labute approximate surface area is 75.2 Å². The van der Waals surface area contributed by atoms with Crippen molar-refractivity contribution in [3.8, 4) is 0 Å². The zero-order valence-electron chi connectivity index (χ0n) is 6.84. The maximum Gasteiger partial charge on any atom is 0.335 e. The number of pyridine rings is 1. The summed E-state index contributed by atoms with van der Waals surface area (Å²) in [6.07, 6.45) is 4.47. The van der Waals surface area contributed by atoms with Gasteiger partial charge in [0.25, 0.3) is 0 Å². The summed E-state index contributed by atoms with van der Waals surface area (Å²) >= 11 is 0. The van der Waals surface area contributed by atoms with Crippen LogP contribution in [0.15, 0.2) is 24.4 Å². The molecule has 0 saturated carbocycles. The Bertz CT molecular complexity index is 333. The molecule has 0 spiro atoms. The molecule has 1 heterocycles. The summed E-state index contributed by atoms with van der Waals surface area (Å²) in [6.45, 7) is -0.0843. The Kier molecular flexibility index (Phi) is 3.16. The minimum absolute atomic E-state index is 0.0843. The normalized spacial score (nSPS) is 10.5. The number of aromatic carboxylic acids is 1. The van der Waals surface area contributed by atoms with E-state index in [0.29, 0.717) is 5.69 Å². The second kappa shape index (κ2) is 4.37. The molecule has 4 heteroatoms. The third-order valence-electron chi connectivity index (χ3n) is 1.42. The van der Waals surface area contributed by atoms with E-state index in [9.17, 15) is 4.79 Å². The van der Waals surface area contributed by atoms with Gasteiger partial charge in [0, 0.05) is 6.20 Å². The maximum absolute atomic E-state index is 10.5. The van der Waals surface area contributed by atoms with Crippen LogP contribution >= 0.6 is 0 Å². The SMILES string of the molecule is O=C(O)c1ccnc(C=CCO)c1. The van der Waals surface area contributed by atoms with Crippen LogP contribution in [0.4, 0.5) is 0 Å². The number of nitrogens with zero attached hydrogens (tertiary/aromatic N) is 1. The molecule has 0 aliphatic rings. The first-order valence-electron chi connectivity index (χ1n) is 3.71. The van der Waals surface area contributed by atoms with E-state index in [1.807, 2.05) is 0 Å². The molecule has 0 saturated heterocycles. The van der Waals surface area contributed by atoms with E-state index >= 15 is 0 Å². The van der Waals surface area contributed by atoms with Crippen LogP contribution in [0, 0.1) is 0 Å². The van der Waals surface area contributed by atoms with Gasteiger partial charge >= 0.3 is 5.97 Å². The number of aliphatic hydroxyl groups excluding tert-OH is 1. The monoisotopic (exact) mass is 179 g/mol. The lowest BCUT2D eigenvalue weighted by molar-refractivity contribution is 0.0696. The quantitative estimate of drug-likeness (QED) is 0.719. The van der Waals surface area contributed by atoms with Gasteiger partial charge in [-0.25, -0.2) is 4.79 Å². The van der Waals surface area contributed by atoms with Gasteiger partial charge in [0.1, 0.15) is 0 Å². The van der Waals surface area contributed by atoms with Crippen LogP contribution in [0.5, 0.6) is 0 Å². The second-order valence-corrected chi connectivity index (χ2v) is 2.36. The highest BCUT2D eigenvalue weighted by Gasteiger charge is 2.01. The average Bonchev–Trinajstić information content (AvgIpc) is 2.15. The highest BCUT2D eigenvalue weighted by Crippen LogP contribution is 2.03. The first-order chi connectivity index (χ1) is 6.24. The molecule has 1 rings (SSSR count). The van der Waals surface area contributed by atoms with Gasteiger partial charge in [0.05, 0.1) is 17.9 Å². The van der Waals surface area contributed by atoms with Gasteiger partial charge in [-0.1, -0.05) is 6.08 Å². The van der Waals surface area contributed by atoms with E-state index in [-0.39, 0.29) is 12.2 Å². The van der Waals surface area contributed by atoms with E-state index in [2.05, 4.69) is 4.98 Å². The highest BCUT2D eigenvalue weighted by molar-refractivity contribution is 5.87. The fourth-order valence-corrected chi connectivity index (χ4v) is 0.846. The predicted molar refractivity (Wildman–Crippen MR) is 47.3 cm³/mol. The van der Waals surface area contributed by atoms with Crippen molar-refractivity contribution >= 4 is 12.0 Å². The molecule has 0 bridgehead atoms. The van der Waals surface area contributed by atoms with Crippen LogP contribution < -0.4 is 0 Å². The van der Waals surface area contributed by atoms with Crippen LogP contribution in [-0.2, 0) is 0 Å². The summed E-state index contributed by atoms with van der Waals surface area (Å²) in [5.41, 5.74) is 0.710. The van der Waals surface area contributed by atoms with E-state index in [4.69, 9.17) is 10.2 Å². The molecule has 0 amide bonds. The molecular weight excluding hydrogens is 170 g/mol. The van der Waals surface area contributed by atoms with E-state index in [1.165, 1.54) is 24.4 Å². The summed E-state index contributed by atoms with van der Waals surface area (Å²) in [5, 5.41) is 17.1. The fraction of sp³-hybridized carbons (Fsp3) is 0.111. The Morgan fingerprint density at radius 1 is 1.62 bits per heavy atom. The van der Waals surface area contributed by atoms with Crippen LogP contribution in [0.2, 0.25) is 0 Å². The number of hydrogen-bond donors (Lipinski definition) is 2. The average molecular weight is 179 g/mol. The Hall–Kier alpha value is -1.68. The molecule has 0 aromatic carbocycles. The van der Waals surface area contributed by atoms with Gasteiger partial charge in [-0.15, -0.1) is 0 Å². The number of aliphatic hydroxyl groups is 1. The lowest BCUT2D eigenvalue weighted by Gasteiger charge is -1.94. The number of aromatic nitrogens is 1. The van der Waals surface area contributed by atoms with Crippen LogP contribution in [0.25, 0.3) is 6.08 Å². The zero-order valence-corrected chi connectivity index (χ0v) is 6.84. The van der Waals surface area contributed by atoms with Crippen molar-refractivity contribution in [2.75, 3.05) is 6.61 Å². The Morgan fingerprint density at radius 3 is 3.00 bits per heavy atom. The molecule has 0 unspecified atom stereocenters. The largest absolute Gasteiger partial charge is 0.478 e. The lowest BCUT2D eigenvalue weighted by Crippen LogP contribution is -1.96. The van der Waals surface area contributed by atoms with Crippen molar-refractivity contribution in [1.29, 1.82) is 0 Å². The van der Waals surface area contributed by atoms with Gasteiger partial charge in [-0.2, -0.15) is 0 Å². The summed E-state index contributed by atoms with van der Waals surface area (Å²) in [4.78, 5) is 14.4. The number of carbonyl (C=O) groups is 1. The van der Waals surface area contributed by atoms with Crippen LogP contribution in [-0.4, -0.2) is 27.8 Å². The maximum atomic E-state index is 10.5. The molecule has 0 aliphatic carbocycles. The fourth-order valence-electron chi connectivity index (χ4n) is 0.846. The van der Waals surface area contributed by atoms with Crippen molar-refractivity contribution in [3.63, 3.8) is 0 Å². The van der Waals surface area contributed by atoms with Gasteiger partial charge < -0.3 is 10.2 Å². The van der Waals surface area contributed by atoms with E-state index in [1.54, 1.807) is 6.08 Å². The highest BCUT2D eigenvalue weighted by atomic mass is 16.4. The summed E-state index contributed by atoms with van der Waals surface area (Å²) in [7, 11) is 0. The smallest absolute Gasteiger partial charge is 0.335 e. The van der Waals surface area contributed by atoms with Gasteiger partial charge in [-0.05, 0) is 18.2 Å². The second-order valence-electron chi connectivity index (χ2n) is 2.36. The van der Waals surface area contributed by atoms with Gasteiger partial charge in [-0.3, -0.25) is 4.98 Å². The zero-order chi connectivity index (χ0) is 9.68. The Balaban J connectivity index is 2.92. The first kappa shape index (κ1) is 9.41. The molecule has 4 nitrogen and oxygen atoms in total. The Morgan fingerprint density at radius 2 is 2.38 bits per heavy atom. The number of carboxylic acids is 1. The molecule has 1 aromatic rings. The molecule has 0 atom stereocenters. The van der Waals surface area contributed by atoms with Gasteiger partial charge in [0.2, 0.25) is 0 Å². The molecule has 68 valence electrons. The minimum atomic E-state index is -0.985. The van der Waals surface area contributed by atoms with Crippen molar-refractivity contribution in [3.05, 3.63) is 35.7 Å². The summed E-state index contributed by atoms with van der Waals surface area (Å²) in [6, 6.07) is 2.85. The molecule has 0 fully saturated rings. The summed E-state index contributed by atoms with van der Waals surface area (Å²) < 4.78 is 0. The van der Waals surface area contributed by atoms with E-state index in [0.717, 1.165) is 0 Å². The molecule has 1 aromatic heterocycles. The third kappa shape index (κ3) is 2.68. The minimum Gasteiger partial charge on any atom is -0.478 e. The van der Waals surface area contributed by atoms with E-state index < -0.39 is 5.97 Å². The third-order valence-corrected chi connectivity index (χ3v) is 1.42.